The summed E-state index contributed by atoms with van der Waals surface area (Å²) in [6.07, 6.45) is 6.48. The maximum absolute atomic E-state index is 14.1. The molecule has 2 aliphatic carbocycles. The predicted molar refractivity (Wildman–Crippen MR) is 135 cm³/mol. The van der Waals surface area contributed by atoms with Crippen LogP contribution in [0.5, 0.6) is 0 Å². The molecule has 3 aromatic rings. The van der Waals surface area contributed by atoms with Crippen molar-refractivity contribution in [2.24, 2.45) is 10.8 Å². The number of hydrogen-bond acceptors (Lipinski definition) is 2. The fraction of sp³-hybridized carbons (Fsp3) is 0.200. The Bertz CT molecular complexity index is 1280. The molecule has 3 nitrogen and oxygen atoms in total. The lowest BCUT2D eigenvalue weighted by Gasteiger charge is -2.36. The second kappa shape index (κ2) is 7.82. The van der Waals surface area contributed by atoms with Crippen molar-refractivity contribution in [3.63, 3.8) is 0 Å². The van der Waals surface area contributed by atoms with Gasteiger partial charge in [0.25, 0.3) is 0 Å². The summed E-state index contributed by atoms with van der Waals surface area (Å²) in [4.78, 5) is 29.6. The van der Waals surface area contributed by atoms with Gasteiger partial charge in [-0.1, -0.05) is 96.1 Å². The normalized spacial score (nSPS) is 25.4. The molecular formula is C30H24ClNO2. The quantitative estimate of drug-likeness (QED) is 0.314. The molecule has 2 atom stereocenters. The third-order valence-electron chi connectivity index (χ3n) is 7.82. The lowest BCUT2D eigenvalue weighted by molar-refractivity contribution is -0.132. The van der Waals surface area contributed by atoms with Crippen LogP contribution in [0.3, 0.4) is 0 Å². The molecular weight excluding hydrogens is 442 g/mol. The number of carbonyl (C=O) groups is 2. The molecule has 0 N–H and O–H groups in total. The maximum atomic E-state index is 14.1. The molecule has 1 saturated carbocycles. The van der Waals surface area contributed by atoms with Crippen molar-refractivity contribution in [2.75, 3.05) is 4.90 Å². The number of carbonyl (C=O) groups excluding carboxylic acids is 2. The number of halogens is 1. The molecule has 1 saturated heterocycles. The highest BCUT2D eigenvalue weighted by atomic mass is 35.5. The van der Waals surface area contributed by atoms with Crippen molar-refractivity contribution < 1.29 is 9.59 Å². The number of imide groups is 1. The van der Waals surface area contributed by atoms with E-state index in [1.165, 1.54) is 10.5 Å². The van der Waals surface area contributed by atoms with Crippen LogP contribution in [0.1, 0.15) is 36.8 Å². The number of benzene rings is 3. The Morgan fingerprint density at radius 2 is 1.24 bits per heavy atom. The first-order valence-corrected chi connectivity index (χ1v) is 12.1. The minimum Gasteiger partial charge on any atom is -0.273 e. The van der Waals surface area contributed by atoms with Crippen LogP contribution in [0.25, 0.3) is 5.57 Å². The van der Waals surface area contributed by atoms with E-state index in [9.17, 15) is 9.59 Å². The molecule has 4 heteroatoms. The van der Waals surface area contributed by atoms with Crippen molar-refractivity contribution in [1.82, 2.24) is 0 Å². The highest BCUT2D eigenvalue weighted by Crippen LogP contribution is 2.67. The monoisotopic (exact) mass is 465 g/mol. The standard InChI is InChI=1S/C30H24ClNO2/c31-24-14-9-15-25(18-24)32-27(33)29-16-7-8-17-30(29,28(32)34)20-23(19-29)26(21-10-3-1-4-11-21)22-12-5-2-6-13-22/h1-15,18H,16-17,19-20H2/t29-,30+. The van der Waals surface area contributed by atoms with Gasteiger partial charge in [0.05, 0.1) is 16.5 Å². The number of hydrogen-bond donors (Lipinski definition) is 0. The van der Waals surface area contributed by atoms with Gasteiger partial charge in [0, 0.05) is 5.02 Å². The van der Waals surface area contributed by atoms with Crippen LogP contribution in [-0.4, -0.2) is 11.8 Å². The molecule has 0 radical (unpaired) electrons. The topological polar surface area (TPSA) is 37.4 Å². The number of rotatable bonds is 3. The van der Waals surface area contributed by atoms with Gasteiger partial charge in [0.15, 0.2) is 0 Å². The van der Waals surface area contributed by atoms with Crippen molar-refractivity contribution in [3.8, 4) is 0 Å². The van der Waals surface area contributed by atoms with Gasteiger partial charge in [-0.3, -0.25) is 9.59 Å². The first-order chi connectivity index (χ1) is 16.6. The highest BCUT2D eigenvalue weighted by molar-refractivity contribution is 6.32. The molecule has 168 valence electrons. The van der Waals surface area contributed by atoms with Gasteiger partial charge in [0.1, 0.15) is 0 Å². The van der Waals surface area contributed by atoms with Gasteiger partial charge in [-0.15, -0.1) is 0 Å². The molecule has 6 rings (SSSR count). The number of amides is 2. The average molecular weight is 466 g/mol. The van der Waals surface area contributed by atoms with E-state index in [2.05, 4.69) is 36.4 Å². The van der Waals surface area contributed by atoms with Crippen molar-refractivity contribution in [2.45, 2.75) is 25.7 Å². The molecule has 2 amide bonds. The Hall–Kier alpha value is -3.43. The van der Waals surface area contributed by atoms with Crippen LogP contribution in [-0.2, 0) is 9.59 Å². The second-order valence-corrected chi connectivity index (χ2v) is 9.97. The zero-order chi connectivity index (χ0) is 23.3. The van der Waals surface area contributed by atoms with Crippen molar-refractivity contribution in [3.05, 3.63) is 119 Å². The van der Waals surface area contributed by atoms with Gasteiger partial charge in [0.2, 0.25) is 11.8 Å². The number of allylic oxidation sites excluding steroid dienone is 3. The summed E-state index contributed by atoms with van der Waals surface area (Å²) >= 11 is 6.22. The number of nitrogens with zero attached hydrogens (tertiary/aromatic N) is 1. The van der Waals surface area contributed by atoms with E-state index in [1.807, 2.05) is 36.4 Å². The zero-order valence-electron chi connectivity index (χ0n) is 18.7. The minimum absolute atomic E-state index is 0.0976. The molecule has 0 unspecified atom stereocenters. The fourth-order valence-corrected chi connectivity index (χ4v) is 6.48. The van der Waals surface area contributed by atoms with E-state index in [1.54, 1.807) is 24.3 Å². The van der Waals surface area contributed by atoms with Crippen molar-refractivity contribution >= 4 is 34.7 Å². The van der Waals surface area contributed by atoms with Gasteiger partial charge in [-0.25, -0.2) is 4.90 Å². The van der Waals surface area contributed by atoms with Gasteiger partial charge < -0.3 is 0 Å². The summed E-state index contributed by atoms with van der Waals surface area (Å²) in [6, 6.07) is 27.7. The third kappa shape index (κ3) is 2.90. The van der Waals surface area contributed by atoms with Crippen LogP contribution in [0.15, 0.2) is 103 Å². The van der Waals surface area contributed by atoms with E-state index in [0.717, 1.165) is 16.7 Å². The van der Waals surface area contributed by atoms with Crippen LogP contribution in [0.4, 0.5) is 5.69 Å². The van der Waals surface area contributed by atoms with E-state index < -0.39 is 10.8 Å². The number of anilines is 1. The Labute approximate surface area is 204 Å². The lowest BCUT2D eigenvalue weighted by atomic mass is 9.61. The van der Waals surface area contributed by atoms with Gasteiger partial charge >= 0.3 is 0 Å². The molecule has 1 heterocycles. The summed E-state index contributed by atoms with van der Waals surface area (Å²) in [5.41, 5.74) is 3.62. The minimum atomic E-state index is -0.759. The lowest BCUT2D eigenvalue weighted by Crippen LogP contribution is -2.41. The molecule has 3 aliphatic rings. The van der Waals surface area contributed by atoms with Gasteiger partial charge in [-0.2, -0.15) is 0 Å². The van der Waals surface area contributed by atoms with E-state index in [4.69, 9.17) is 11.6 Å². The zero-order valence-corrected chi connectivity index (χ0v) is 19.5. The van der Waals surface area contributed by atoms with Crippen LogP contribution < -0.4 is 4.90 Å². The SMILES string of the molecule is O=C1N(c2cccc(Cl)c2)C(=O)[C@]23CC=CC[C@]12CC(=C(c1ccccc1)c1ccccc1)C3. The Balaban J connectivity index is 1.53. The Morgan fingerprint density at radius 1 is 0.706 bits per heavy atom. The smallest absolute Gasteiger partial charge is 0.241 e. The summed E-state index contributed by atoms with van der Waals surface area (Å²) in [6.45, 7) is 0. The van der Waals surface area contributed by atoms with E-state index in [0.29, 0.717) is 36.4 Å². The first-order valence-electron chi connectivity index (χ1n) is 11.7. The summed E-state index contributed by atoms with van der Waals surface area (Å²) < 4.78 is 0. The molecule has 1 aliphatic heterocycles. The summed E-state index contributed by atoms with van der Waals surface area (Å²) in [5, 5.41) is 0.516. The van der Waals surface area contributed by atoms with E-state index in [-0.39, 0.29) is 11.8 Å². The van der Waals surface area contributed by atoms with Gasteiger partial charge in [-0.05, 0) is 60.6 Å². The summed E-state index contributed by atoms with van der Waals surface area (Å²) in [5.74, 6) is -0.195. The Morgan fingerprint density at radius 3 is 1.74 bits per heavy atom. The Kier molecular flexibility index (Phi) is 4.86. The molecule has 3 aromatic carbocycles. The maximum Gasteiger partial charge on any atom is 0.241 e. The molecule has 0 bridgehead atoms. The van der Waals surface area contributed by atoms with E-state index >= 15 is 0 Å². The molecule has 2 fully saturated rings. The average Bonchev–Trinajstić information content (AvgIpc) is 3.30. The first kappa shape index (κ1) is 21.1. The van der Waals surface area contributed by atoms with Crippen LogP contribution >= 0.6 is 11.6 Å². The largest absolute Gasteiger partial charge is 0.273 e. The third-order valence-corrected chi connectivity index (χ3v) is 8.05. The van der Waals surface area contributed by atoms with Crippen LogP contribution in [0.2, 0.25) is 5.02 Å². The second-order valence-electron chi connectivity index (χ2n) is 9.53. The highest BCUT2D eigenvalue weighted by Gasteiger charge is 2.72. The van der Waals surface area contributed by atoms with Crippen LogP contribution in [0, 0.1) is 10.8 Å². The van der Waals surface area contributed by atoms with Crippen molar-refractivity contribution in [1.29, 1.82) is 0 Å². The summed E-state index contributed by atoms with van der Waals surface area (Å²) in [7, 11) is 0. The fourth-order valence-electron chi connectivity index (χ4n) is 6.30. The molecule has 0 spiro atoms. The molecule has 34 heavy (non-hydrogen) atoms. The predicted octanol–water partition coefficient (Wildman–Crippen LogP) is 6.83. The molecule has 0 aromatic heterocycles.